The van der Waals surface area contributed by atoms with Gasteiger partial charge in [0.25, 0.3) is 0 Å². The topological polar surface area (TPSA) is 137 Å². The number of hydrogen-bond donors (Lipinski definition) is 4. The number of anilines is 5. The quantitative estimate of drug-likeness (QED) is 0.152. The Morgan fingerprint density at radius 3 is 2.33 bits per heavy atom. The van der Waals surface area contributed by atoms with Crippen molar-refractivity contribution in [2.45, 2.75) is 77.5 Å². The van der Waals surface area contributed by atoms with Crippen LogP contribution in [0.3, 0.4) is 0 Å². The maximum atomic E-state index is 5.89. The molecule has 49 heavy (non-hydrogen) atoms. The molecule has 0 bridgehead atoms. The van der Waals surface area contributed by atoms with E-state index in [4.69, 9.17) is 11.5 Å². The van der Waals surface area contributed by atoms with Gasteiger partial charge in [0.1, 0.15) is 11.6 Å². The molecule has 2 saturated heterocycles. The van der Waals surface area contributed by atoms with E-state index in [9.17, 15) is 0 Å². The molecule has 11 heteroatoms. The second-order valence-corrected chi connectivity index (χ2v) is 13.9. The van der Waals surface area contributed by atoms with Gasteiger partial charge in [0.05, 0.1) is 0 Å². The van der Waals surface area contributed by atoms with Gasteiger partial charge in [-0.1, -0.05) is 36.4 Å². The van der Waals surface area contributed by atoms with Crippen LogP contribution in [0.5, 0.6) is 0 Å². The van der Waals surface area contributed by atoms with Gasteiger partial charge in [0.15, 0.2) is 0 Å². The maximum absolute atomic E-state index is 5.89. The lowest BCUT2D eigenvalue weighted by atomic mass is 9.96. The minimum Gasteiger partial charge on any atom is -0.371 e. The van der Waals surface area contributed by atoms with Crippen molar-refractivity contribution >= 4 is 29.2 Å². The van der Waals surface area contributed by atoms with Crippen LogP contribution in [0.2, 0.25) is 0 Å². The minimum absolute atomic E-state index is 0.310. The van der Waals surface area contributed by atoms with Gasteiger partial charge in [-0.05, 0) is 82.3 Å². The average molecular weight is 664 g/mol. The number of nitrogen functional groups attached to an aromatic ring is 2. The predicted molar refractivity (Wildman–Crippen MR) is 201 cm³/mol. The van der Waals surface area contributed by atoms with Crippen molar-refractivity contribution in [2.24, 2.45) is 0 Å². The fourth-order valence-corrected chi connectivity index (χ4v) is 7.14. The normalized spacial score (nSPS) is 17.5. The van der Waals surface area contributed by atoms with Gasteiger partial charge in [-0.3, -0.25) is 4.90 Å². The molecule has 2 atom stereocenters. The smallest absolute Gasteiger partial charge is 0.222 e. The van der Waals surface area contributed by atoms with E-state index in [0.717, 1.165) is 88.1 Å². The highest BCUT2D eigenvalue weighted by Gasteiger charge is 2.25. The largest absolute Gasteiger partial charge is 0.371 e. The highest BCUT2D eigenvalue weighted by Crippen LogP contribution is 2.32. The monoisotopic (exact) mass is 663 g/mol. The number of aromatic nitrogens is 4. The van der Waals surface area contributed by atoms with E-state index in [1.165, 1.54) is 28.8 Å². The summed E-state index contributed by atoms with van der Waals surface area (Å²) < 4.78 is 0. The maximum Gasteiger partial charge on any atom is 0.222 e. The van der Waals surface area contributed by atoms with Crippen molar-refractivity contribution in [3.05, 3.63) is 88.7 Å². The molecule has 4 heterocycles. The van der Waals surface area contributed by atoms with Crippen molar-refractivity contribution in [3.63, 3.8) is 0 Å². The Hall–Kier alpha value is -4.48. The number of nitrogens with one attached hydrogen (secondary N) is 2. The first-order valence-electron chi connectivity index (χ1n) is 17.8. The number of piperidine rings is 1. The van der Waals surface area contributed by atoms with Crippen LogP contribution in [0.4, 0.5) is 29.2 Å². The lowest BCUT2D eigenvalue weighted by Gasteiger charge is -2.33. The Morgan fingerprint density at radius 1 is 0.837 bits per heavy atom. The molecule has 0 saturated carbocycles. The third-order valence-corrected chi connectivity index (χ3v) is 10.1. The van der Waals surface area contributed by atoms with E-state index in [-0.39, 0.29) is 0 Å². The second-order valence-electron chi connectivity index (χ2n) is 13.9. The van der Waals surface area contributed by atoms with Crippen LogP contribution in [0.15, 0.2) is 60.7 Å². The van der Waals surface area contributed by atoms with Crippen LogP contribution < -0.4 is 31.9 Å². The van der Waals surface area contributed by atoms with Crippen molar-refractivity contribution in [2.75, 3.05) is 66.4 Å². The SMILES string of the molecule is Cc1cc(NCCC(C)N(C)Cc2cccc(C3CCN(c4cccc(CNC5CCN(c6cc(C)nc(N)n6)CC5)c4)C3)c2)nc(N)n1. The molecule has 260 valence electrons. The predicted octanol–water partition coefficient (Wildman–Crippen LogP) is 5.12. The number of aryl methyl sites for hydroxylation is 2. The van der Waals surface area contributed by atoms with Gasteiger partial charge in [-0.2, -0.15) is 9.97 Å². The number of rotatable bonds is 13. The minimum atomic E-state index is 0.310. The first kappa shape index (κ1) is 34.4. The molecule has 2 aromatic heterocycles. The fourth-order valence-electron chi connectivity index (χ4n) is 7.14. The van der Waals surface area contributed by atoms with E-state index in [1.54, 1.807) is 0 Å². The Bertz CT molecular complexity index is 1650. The van der Waals surface area contributed by atoms with Crippen molar-refractivity contribution in [3.8, 4) is 0 Å². The Morgan fingerprint density at radius 2 is 1.55 bits per heavy atom. The van der Waals surface area contributed by atoms with E-state index in [2.05, 4.69) is 108 Å². The molecule has 0 spiro atoms. The first-order valence-corrected chi connectivity index (χ1v) is 17.8. The summed E-state index contributed by atoms with van der Waals surface area (Å²) in [6.45, 7) is 12.9. The molecule has 0 radical (unpaired) electrons. The van der Waals surface area contributed by atoms with Crippen molar-refractivity contribution in [1.82, 2.24) is 30.2 Å². The molecular formula is C38H53N11. The zero-order chi connectivity index (χ0) is 34.3. The Balaban J connectivity index is 0.958. The molecule has 6 rings (SSSR count). The molecular weight excluding hydrogens is 610 g/mol. The van der Waals surface area contributed by atoms with Crippen molar-refractivity contribution in [1.29, 1.82) is 0 Å². The molecule has 2 aliphatic rings. The Labute approximate surface area is 291 Å². The number of hydrogen-bond acceptors (Lipinski definition) is 11. The zero-order valence-electron chi connectivity index (χ0n) is 29.6. The number of benzene rings is 2. The molecule has 0 amide bonds. The Kier molecular flexibility index (Phi) is 11.1. The second kappa shape index (κ2) is 15.8. The molecule has 11 nitrogen and oxygen atoms in total. The molecule has 2 aromatic carbocycles. The highest BCUT2D eigenvalue weighted by molar-refractivity contribution is 5.51. The van der Waals surface area contributed by atoms with Gasteiger partial charge in [-0.25, -0.2) is 9.97 Å². The summed E-state index contributed by atoms with van der Waals surface area (Å²) >= 11 is 0. The fraction of sp³-hybridized carbons (Fsp3) is 0.474. The first-order chi connectivity index (χ1) is 23.7. The van der Waals surface area contributed by atoms with Crippen LogP contribution in [0.1, 0.15) is 66.6 Å². The van der Waals surface area contributed by atoms with Crippen LogP contribution in [0, 0.1) is 13.8 Å². The highest BCUT2D eigenvalue weighted by atomic mass is 15.2. The molecule has 2 unspecified atom stereocenters. The molecule has 2 fully saturated rings. The molecule has 0 aliphatic carbocycles. The van der Waals surface area contributed by atoms with E-state index < -0.39 is 0 Å². The third-order valence-electron chi connectivity index (χ3n) is 10.1. The van der Waals surface area contributed by atoms with Crippen molar-refractivity contribution < 1.29 is 0 Å². The lowest BCUT2D eigenvalue weighted by Crippen LogP contribution is -2.42. The van der Waals surface area contributed by atoms with Gasteiger partial charge >= 0.3 is 0 Å². The van der Waals surface area contributed by atoms with Crippen LogP contribution >= 0.6 is 0 Å². The van der Waals surface area contributed by atoms with Crippen LogP contribution in [0.25, 0.3) is 0 Å². The standard InChI is InChI=1S/C38H53N11/c1-26-19-35(45-37(39)43-26)41-15-11-28(3)47(4)24-30-8-5-9-31(21-30)32-12-16-49(25-32)34-10-6-7-29(22-34)23-42-33-13-17-48(18-14-33)36-20-27(2)44-38(40)46-36/h5-10,19-22,28,32-33,42H,11-18,23-25H2,1-4H3,(H2,40,44,46)(H3,39,41,43,45). The third kappa shape index (κ3) is 9.36. The van der Waals surface area contributed by atoms with E-state index in [0.29, 0.717) is 29.9 Å². The number of nitrogens with two attached hydrogens (primary N) is 2. The lowest BCUT2D eigenvalue weighted by molar-refractivity contribution is 0.241. The van der Waals surface area contributed by atoms with Gasteiger partial charge < -0.3 is 31.9 Å². The average Bonchev–Trinajstić information content (AvgIpc) is 3.58. The molecule has 6 N–H and O–H groups in total. The summed E-state index contributed by atoms with van der Waals surface area (Å²) in [5.41, 5.74) is 19.0. The summed E-state index contributed by atoms with van der Waals surface area (Å²) in [5.74, 6) is 2.93. The van der Waals surface area contributed by atoms with E-state index in [1.807, 2.05) is 26.0 Å². The zero-order valence-corrected chi connectivity index (χ0v) is 29.6. The van der Waals surface area contributed by atoms with Gasteiger partial charge in [0, 0.05) is 93.0 Å². The summed E-state index contributed by atoms with van der Waals surface area (Å²) in [6.07, 6.45) is 4.35. The summed E-state index contributed by atoms with van der Waals surface area (Å²) in [6, 6.07) is 23.2. The van der Waals surface area contributed by atoms with Gasteiger partial charge in [0.2, 0.25) is 11.9 Å². The summed E-state index contributed by atoms with van der Waals surface area (Å²) in [4.78, 5) is 24.4. The van der Waals surface area contributed by atoms with Crippen LogP contribution in [-0.4, -0.2) is 76.7 Å². The van der Waals surface area contributed by atoms with E-state index >= 15 is 0 Å². The molecule has 4 aromatic rings. The molecule has 2 aliphatic heterocycles. The summed E-state index contributed by atoms with van der Waals surface area (Å²) in [5, 5.41) is 7.22. The summed E-state index contributed by atoms with van der Waals surface area (Å²) in [7, 11) is 2.21. The van der Waals surface area contributed by atoms with Gasteiger partial charge in [-0.15, -0.1) is 0 Å². The van der Waals surface area contributed by atoms with Crippen LogP contribution in [-0.2, 0) is 13.1 Å². The number of nitrogens with zero attached hydrogens (tertiary/aromatic N) is 7.